The predicted octanol–water partition coefficient (Wildman–Crippen LogP) is 1.63. The first kappa shape index (κ1) is 15.7. The Hall–Kier alpha value is -1.39. The van der Waals surface area contributed by atoms with Crippen molar-refractivity contribution in [3.05, 3.63) is 35.9 Å². The van der Waals surface area contributed by atoms with Gasteiger partial charge < -0.3 is 15.5 Å². The molecule has 0 radical (unpaired) electrons. The van der Waals surface area contributed by atoms with Gasteiger partial charge in [-0.25, -0.2) is 0 Å². The first-order chi connectivity index (χ1) is 8.83. The van der Waals surface area contributed by atoms with Crippen LogP contribution in [0.4, 0.5) is 0 Å². The molecule has 0 saturated heterocycles. The molecule has 1 aromatic rings. The lowest BCUT2D eigenvalue weighted by molar-refractivity contribution is -0.130. The molecule has 1 aromatic carbocycles. The van der Waals surface area contributed by atoms with Gasteiger partial charge in [-0.05, 0) is 17.4 Å². The number of aliphatic hydroxyl groups is 2. The normalized spacial score (nSPS) is 14.8. The fraction of sp³-hybridized carbons (Fsp3) is 0.533. The zero-order valence-corrected chi connectivity index (χ0v) is 11.8. The Morgan fingerprint density at radius 1 is 1.26 bits per heavy atom. The van der Waals surface area contributed by atoms with Crippen LogP contribution >= 0.6 is 0 Å². The molecular weight excluding hydrogens is 242 g/mol. The second-order valence-electron chi connectivity index (χ2n) is 5.97. The molecule has 0 bridgehead atoms. The number of carbonyl (C=O) groups excluding carboxylic acids is 1. The van der Waals surface area contributed by atoms with Gasteiger partial charge in [0.25, 0.3) is 5.91 Å². The predicted molar refractivity (Wildman–Crippen MR) is 74.5 cm³/mol. The highest BCUT2D eigenvalue weighted by atomic mass is 16.3. The van der Waals surface area contributed by atoms with E-state index < -0.39 is 12.0 Å². The highest BCUT2D eigenvalue weighted by Gasteiger charge is 2.23. The van der Waals surface area contributed by atoms with E-state index in [9.17, 15) is 15.0 Å². The summed E-state index contributed by atoms with van der Waals surface area (Å²) in [5, 5.41) is 21.9. The number of amides is 1. The van der Waals surface area contributed by atoms with Gasteiger partial charge in [-0.1, -0.05) is 51.1 Å². The summed E-state index contributed by atoms with van der Waals surface area (Å²) in [5.74, 6) is -0.477. The molecular formula is C15H23NO3. The molecule has 0 heterocycles. The summed E-state index contributed by atoms with van der Waals surface area (Å²) in [5.41, 5.74) is 0.547. The Labute approximate surface area is 114 Å². The standard InChI is InChI=1S/C15H23NO3/c1-15(2,3)9-12(10-17)16-14(19)13(18)11-7-5-4-6-8-11/h4-8,12-13,17-18H,9-10H2,1-3H3,(H,16,19)/t12?,13-/m0/s1. The zero-order valence-electron chi connectivity index (χ0n) is 11.8. The van der Waals surface area contributed by atoms with E-state index in [-0.39, 0.29) is 18.1 Å². The van der Waals surface area contributed by atoms with Crippen LogP contribution in [0.5, 0.6) is 0 Å². The van der Waals surface area contributed by atoms with Gasteiger partial charge in [-0.3, -0.25) is 4.79 Å². The van der Waals surface area contributed by atoms with E-state index in [0.717, 1.165) is 0 Å². The minimum atomic E-state index is -1.20. The van der Waals surface area contributed by atoms with E-state index in [2.05, 4.69) is 5.32 Å². The molecule has 3 N–H and O–H groups in total. The third-order valence-corrected chi connectivity index (χ3v) is 2.79. The van der Waals surface area contributed by atoms with Crippen LogP contribution in [0.2, 0.25) is 0 Å². The number of benzene rings is 1. The van der Waals surface area contributed by atoms with Gasteiger partial charge in [0.2, 0.25) is 0 Å². The first-order valence-corrected chi connectivity index (χ1v) is 6.48. The topological polar surface area (TPSA) is 69.6 Å². The van der Waals surface area contributed by atoms with Crippen molar-refractivity contribution < 1.29 is 15.0 Å². The molecule has 0 aliphatic carbocycles. The van der Waals surface area contributed by atoms with E-state index in [0.29, 0.717) is 12.0 Å². The zero-order chi connectivity index (χ0) is 14.5. The molecule has 1 unspecified atom stereocenters. The van der Waals surface area contributed by atoms with Crippen LogP contribution in [0.1, 0.15) is 38.9 Å². The second kappa shape index (κ2) is 6.68. The van der Waals surface area contributed by atoms with E-state index in [4.69, 9.17) is 0 Å². The third-order valence-electron chi connectivity index (χ3n) is 2.79. The average Bonchev–Trinajstić information content (AvgIpc) is 2.36. The quantitative estimate of drug-likeness (QED) is 0.758. The van der Waals surface area contributed by atoms with Crippen molar-refractivity contribution in [1.29, 1.82) is 0 Å². The number of rotatable bonds is 5. The van der Waals surface area contributed by atoms with Crippen LogP contribution in [-0.2, 0) is 4.79 Å². The minimum Gasteiger partial charge on any atom is -0.394 e. The molecule has 19 heavy (non-hydrogen) atoms. The summed E-state index contributed by atoms with van der Waals surface area (Å²) in [7, 11) is 0. The minimum absolute atomic E-state index is 0.00161. The van der Waals surface area contributed by atoms with Crippen LogP contribution < -0.4 is 5.32 Å². The van der Waals surface area contributed by atoms with Crippen molar-refractivity contribution in [1.82, 2.24) is 5.32 Å². The van der Waals surface area contributed by atoms with Gasteiger partial charge in [-0.2, -0.15) is 0 Å². The summed E-state index contributed by atoms with van der Waals surface area (Å²) in [6.45, 7) is 5.98. The Morgan fingerprint density at radius 3 is 2.32 bits per heavy atom. The molecule has 1 rings (SSSR count). The molecule has 4 nitrogen and oxygen atoms in total. The SMILES string of the molecule is CC(C)(C)CC(CO)NC(=O)[C@@H](O)c1ccccc1. The van der Waals surface area contributed by atoms with Crippen molar-refractivity contribution in [2.24, 2.45) is 5.41 Å². The molecule has 2 atom stereocenters. The number of hydrogen-bond acceptors (Lipinski definition) is 3. The van der Waals surface area contributed by atoms with Crippen LogP contribution in [-0.4, -0.2) is 28.8 Å². The van der Waals surface area contributed by atoms with Crippen LogP contribution in [0.3, 0.4) is 0 Å². The fourth-order valence-corrected chi connectivity index (χ4v) is 1.97. The largest absolute Gasteiger partial charge is 0.394 e. The van der Waals surface area contributed by atoms with Gasteiger partial charge in [0.15, 0.2) is 6.10 Å². The summed E-state index contributed by atoms with van der Waals surface area (Å²) < 4.78 is 0. The van der Waals surface area contributed by atoms with Crippen LogP contribution in [0.25, 0.3) is 0 Å². The molecule has 4 heteroatoms. The first-order valence-electron chi connectivity index (χ1n) is 6.48. The Morgan fingerprint density at radius 2 is 1.84 bits per heavy atom. The van der Waals surface area contributed by atoms with Crippen molar-refractivity contribution in [3.8, 4) is 0 Å². The number of hydrogen-bond donors (Lipinski definition) is 3. The molecule has 0 aromatic heterocycles. The van der Waals surface area contributed by atoms with Crippen molar-refractivity contribution in [2.75, 3.05) is 6.61 Å². The molecule has 106 valence electrons. The van der Waals surface area contributed by atoms with Crippen molar-refractivity contribution in [2.45, 2.75) is 39.3 Å². The van der Waals surface area contributed by atoms with Gasteiger partial charge in [-0.15, -0.1) is 0 Å². The summed E-state index contributed by atoms with van der Waals surface area (Å²) in [4.78, 5) is 11.9. The van der Waals surface area contributed by atoms with E-state index in [1.54, 1.807) is 24.3 Å². The number of carbonyl (C=O) groups is 1. The fourth-order valence-electron chi connectivity index (χ4n) is 1.97. The van der Waals surface area contributed by atoms with E-state index in [1.807, 2.05) is 26.8 Å². The molecule has 0 aliphatic rings. The molecule has 0 fully saturated rings. The Kier molecular flexibility index (Phi) is 5.51. The monoisotopic (exact) mass is 265 g/mol. The molecule has 0 saturated carbocycles. The van der Waals surface area contributed by atoms with Crippen molar-refractivity contribution >= 4 is 5.91 Å². The highest BCUT2D eigenvalue weighted by molar-refractivity contribution is 5.82. The van der Waals surface area contributed by atoms with Gasteiger partial charge in [0, 0.05) is 0 Å². The lowest BCUT2D eigenvalue weighted by atomic mass is 9.88. The maximum atomic E-state index is 11.9. The third kappa shape index (κ3) is 5.41. The van der Waals surface area contributed by atoms with E-state index in [1.165, 1.54) is 0 Å². The maximum absolute atomic E-state index is 11.9. The van der Waals surface area contributed by atoms with Gasteiger partial charge in [0.1, 0.15) is 0 Å². The lowest BCUT2D eigenvalue weighted by Gasteiger charge is -2.26. The maximum Gasteiger partial charge on any atom is 0.253 e. The lowest BCUT2D eigenvalue weighted by Crippen LogP contribution is -2.42. The summed E-state index contributed by atoms with van der Waals surface area (Å²) in [6, 6.07) is 8.41. The summed E-state index contributed by atoms with van der Waals surface area (Å²) in [6.07, 6.45) is -0.549. The van der Waals surface area contributed by atoms with Gasteiger partial charge in [0.05, 0.1) is 12.6 Å². The van der Waals surface area contributed by atoms with Gasteiger partial charge >= 0.3 is 0 Å². The highest BCUT2D eigenvalue weighted by Crippen LogP contribution is 2.21. The smallest absolute Gasteiger partial charge is 0.253 e. The van der Waals surface area contributed by atoms with Crippen LogP contribution in [0, 0.1) is 5.41 Å². The number of nitrogens with one attached hydrogen (secondary N) is 1. The average molecular weight is 265 g/mol. The van der Waals surface area contributed by atoms with Crippen LogP contribution in [0.15, 0.2) is 30.3 Å². The molecule has 1 amide bonds. The number of aliphatic hydroxyl groups excluding tert-OH is 2. The summed E-state index contributed by atoms with van der Waals surface area (Å²) >= 11 is 0. The Balaban J connectivity index is 2.63. The molecule has 0 spiro atoms. The molecule has 0 aliphatic heterocycles. The Bertz CT molecular complexity index is 398. The second-order valence-corrected chi connectivity index (χ2v) is 5.97. The van der Waals surface area contributed by atoms with E-state index >= 15 is 0 Å². The van der Waals surface area contributed by atoms with Crippen molar-refractivity contribution in [3.63, 3.8) is 0 Å².